The summed E-state index contributed by atoms with van der Waals surface area (Å²) in [5.41, 5.74) is 0.935. The van der Waals surface area contributed by atoms with Crippen molar-refractivity contribution in [2.45, 2.75) is 25.5 Å². The lowest BCUT2D eigenvalue weighted by atomic mass is 10.1. The van der Waals surface area contributed by atoms with E-state index in [2.05, 4.69) is 15.0 Å². The van der Waals surface area contributed by atoms with Gasteiger partial charge in [0.25, 0.3) is 0 Å². The first-order valence-electron chi connectivity index (χ1n) is 6.80. The Morgan fingerprint density at radius 2 is 1.61 bits per heavy atom. The number of rotatable bonds is 5. The van der Waals surface area contributed by atoms with Crippen LogP contribution in [-0.2, 0) is 0 Å². The molecule has 23 heavy (non-hydrogen) atoms. The third-order valence-electron chi connectivity index (χ3n) is 3.57. The minimum absolute atomic E-state index is 0. The molecular formula is C14H20Cl2F4N2O. The summed E-state index contributed by atoms with van der Waals surface area (Å²) >= 11 is 0. The van der Waals surface area contributed by atoms with Gasteiger partial charge in [-0.1, -0.05) is 12.1 Å². The molecule has 0 aromatic heterocycles. The van der Waals surface area contributed by atoms with E-state index in [4.69, 9.17) is 0 Å². The van der Waals surface area contributed by atoms with Crippen LogP contribution in [0.2, 0.25) is 0 Å². The van der Waals surface area contributed by atoms with Crippen LogP contribution < -0.4 is 10.1 Å². The Bertz CT molecular complexity index is 457. The Hall–Kier alpha value is -0.760. The van der Waals surface area contributed by atoms with Crippen LogP contribution in [0.25, 0.3) is 0 Å². The molecule has 0 bridgehead atoms. The molecule has 1 aliphatic rings. The molecule has 1 aromatic rings. The summed E-state index contributed by atoms with van der Waals surface area (Å²) in [6.07, 6.45) is -8.32. The maximum atomic E-state index is 12.8. The maximum absolute atomic E-state index is 12.8. The summed E-state index contributed by atoms with van der Waals surface area (Å²) in [6.45, 7) is 5.65. The standard InChI is InChI=1S/C14H18F4N2O.2ClH/c1-10(20-8-6-19-7-9-20)11-2-4-12(5-3-11)21-14(17,18)13(15)16;;/h2-5,10,13,19H,6-9H2,1H3;2*1H/t10-;;/m1../s1. The van der Waals surface area contributed by atoms with Gasteiger partial charge in [-0.15, -0.1) is 24.8 Å². The largest absolute Gasteiger partial charge is 0.461 e. The molecule has 1 aromatic carbocycles. The van der Waals surface area contributed by atoms with Crippen molar-refractivity contribution < 1.29 is 22.3 Å². The lowest BCUT2D eigenvalue weighted by molar-refractivity contribution is -0.253. The summed E-state index contributed by atoms with van der Waals surface area (Å²) in [5.74, 6) is -0.267. The third-order valence-corrected chi connectivity index (χ3v) is 3.57. The van der Waals surface area contributed by atoms with E-state index in [0.717, 1.165) is 31.7 Å². The van der Waals surface area contributed by atoms with E-state index in [1.807, 2.05) is 6.92 Å². The van der Waals surface area contributed by atoms with Crippen molar-refractivity contribution in [3.63, 3.8) is 0 Å². The summed E-state index contributed by atoms with van der Waals surface area (Å²) in [5, 5.41) is 3.25. The second-order valence-electron chi connectivity index (χ2n) is 5.00. The number of ether oxygens (including phenoxy) is 1. The first-order chi connectivity index (χ1) is 9.90. The van der Waals surface area contributed by atoms with Crippen LogP contribution in [0.1, 0.15) is 18.5 Å². The van der Waals surface area contributed by atoms with E-state index in [0.29, 0.717) is 0 Å². The van der Waals surface area contributed by atoms with Gasteiger partial charge in [0, 0.05) is 32.2 Å². The zero-order chi connectivity index (χ0) is 15.5. The van der Waals surface area contributed by atoms with Crippen molar-refractivity contribution in [3.05, 3.63) is 29.8 Å². The SMILES string of the molecule is C[C@H](c1ccc(OC(F)(F)C(F)F)cc1)N1CCNCC1.Cl.Cl. The lowest BCUT2D eigenvalue weighted by Gasteiger charge is -2.33. The van der Waals surface area contributed by atoms with E-state index in [1.54, 1.807) is 12.1 Å². The second-order valence-corrected chi connectivity index (χ2v) is 5.00. The summed E-state index contributed by atoms with van der Waals surface area (Å²) < 4.78 is 53.7. The normalized spacial score (nSPS) is 17.1. The zero-order valence-corrected chi connectivity index (χ0v) is 14.1. The Morgan fingerprint density at radius 3 is 2.09 bits per heavy atom. The Labute approximate surface area is 145 Å². The first kappa shape index (κ1) is 22.2. The monoisotopic (exact) mass is 378 g/mol. The van der Waals surface area contributed by atoms with Crippen molar-refractivity contribution in [3.8, 4) is 5.75 Å². The molecule has 9 heteroatoms. The van der Waals surface area contributed by atoms with Gasteiger partial charge in [-0.05, 0) is 24.6 Å². The summed E-state index contributed by atoms with van der Waals surface area (Å²) in [7, 11) is 0. The number of hydrogen-bond donors (Lipinski definition) is 1. The lowest BCUT2D eigenvalue weighted by Crippen LogP contribution is -2.44. The molecule has 2 rings (SSSR count). The maximum Gasteiger partial charge on any atom is 0.461 e. The van der Waals surface area contributed by atoms with Crippen LogP contribution in [0.4, 0.5) is 17.6 Å². The van der Waals surface area contributed by atoms with Gasteiger partial charge in [-0.3, -0.25) is 4.90 Å². The minimum atomic E-state index is -4.47. The fourth-order valence-electron chi connectivity index (χ4n) is 2.30. The van der Waals surface area contributed by atoms with Gasteiger partial charge in [-0.25, -0.2) is 0 Å². The van der Waals surface area contributed by atoms with Crippen molar-refractivity contribution >= 4 is 24.8 Å². The van der Waals surface area contributed by atoms with E-state index >= 15 is 0 Å². The van der Waals surface area contributed by atoms with E-state index < -0.39 is 12.5 Å². The quantitative estimate of drug-likeness (QED) is 0.790. The fraction of sp³-hybridized carbons (Fsp3) is 0.571. The number of hydrogen-bond acceptors (Lipinski definition) is 3. The molecule has 1 saturated heterocycles. The van der Waals surface area contributed by atoms with E-state index in [1.165, 1.54) is 12.1 Å². The Morgan fingerprint density at radius 1 is 1.09 bits per heavy atom. The Balaban J connectivity index is 0.00000242. The van der Waals surface area contributed by atoms with Crippen LogP contribution >= 0.6 is 24.8 Å². The minimum Gasteiger partial charge on any atom is -0.428 e. The van der Waals surface area contributed by atoms with Crippen molar-refractivity contribution in [1.29, 1.82) is 0 Å². The van der Waals surface area contributed by atoms with Crippen LogP contribution in [0.15, 0.2) is 24.3 Å². The highest BCUT2D eigenvalue weighted by atomic mass is 35.5. The topological polar surface area (TPSA) is 24.5 Å². The molecular weight excluding hydrogens is 359 g/mol. The van der Waals surface area contributed by atoms with Gasteiger partial charge in [0.1, 0.15) is 5.75 Å². The van der Waals surface area contributed by atoms with E-state index in [-0.39, 0.29) is 36.6 Å². The number of nitrogens with zero attached hydrogens (tertiary/aromatic N) is 1. The van der Waals surface area contributed by atoms with Crippen LogP contribution in [0.3, 0.4) is 0 Å². The molecule has 1 atom stereocenters. The number of benzene rings is 1. The van der Waals surface area contributed by atoms with Crippen molar-refractivity contribution in [2.24, 2.45) is 0 Å². The molecule has 0 radical (unpaired) electrons. The molecule has 1 aliphatic heterocycles. The second kappa shape index (κ2) is 9.52. The van der Waals surface area contributed by atoms with E-state index in [9.17, 15) is 17.6 Å². The molecule has 3 nitrogen and oxygen atoms in total. The summed E-state index contributed by atoms with van der Waals surface area (Å²) in [4.78, 5) is 2.26. The van der Waals surface area contributed by atoms with Gasteiger partial charge in [0.2, 0.25) is 0 Å². The number of nitrogens with one attached hydrogen (secondary N) is 1. The molecule has 1 heterocycles. The van der Waals surface area contributed by atoms with Gasteiger partial charge in [0.15, 0.2) is 0 Å². The zero-order valence-electron chi connectivity index (χ0n) is 12.5. The molecule has 0 saturated carbocycles. The number of piperazine rings is 1. The highest BCUT2D eigenvalue weighted by Crippen LogP contribution is 2.29. The number of alkyl halides is 4. The average Bonchev–Trinajstić information content (AvgIpc) is 2.48. The predicted octanol–water partition coefficient (Wildman–Crippen LogP) is 3.73. The van der Waals surface area contributed by atoms with Crippen LogP contribution in [0.5, 0.6) is 5.75 Å². The van der Waals surface area contributed by atoms with Gasteiger partial charge < -0.3 is 10.1 Å². The third kappa shape index (κ3) is 5.99. The molecule has 1 fully saturated rings. The molecule has 0 aliphatic carbocycles. The summed E-state index contributed by atoms with van der Waals surface area (Å²) in [6, 6.07) is 5.98. The van der Waals surface area contributed by atoms with Crippen molar-refractivity contribution in [1.82, 2.24) is 10.2 Å². The molecule has 0 spiro atoms. The Kier molecular flexibility index (Phi) is 9.20. The van der Waals surface area contributed by atoms with Crippen LogP contribution in [-0.4, -0.2) is 43.6 Å². The average molecular weight is 379 g/mol. The molecule has 0 unspecified atom stereocenters. The molecule has 134 valence electrons. The molecule has 0 amide bonds. The van der Waals surface area contributed by atoms with Crippen molar-refractivity contribution in [2.75, 3.05) is 26.2 Å². The fourth-order valence-corrected chi connectivity index (χ4v) is 2.30. The highest BCUT2D eigenvalue weighted by molar-refractivity contribution is 5.85. The number of halogens is 6. The predicted molar refractivity (Wildman–Crippen MR) is 85.4 cm³/mol. The van der Waals surface area contributed by atoms with Gasteiger partial charge in [0.05, 0.1) is 0 Å². The smallest absolute Gasteiger partial charge is 0.428 e. The van der Waals surface area contributed by atoms with Crippen LogP contribution in [0, 0.1) is 0 Å². The van der Waals surface area contributed by atoms with Gasteiger partial charge >= 0.3 is 12.5 Å². The van der Waals surface area contributed by atoms with Gasteiger partial charge in [-0.2, -0.15) is 17.6 Å². The first-order valence-corrected chi connectivity index (χ1v) is 6.80. The highest BCUT2D eigenvalue weighted by Gasteiger charge is 2.43. The molecule has 1 N–H and O–H groups in total.